The van der Waals surface area contributed by atoms with E-state index >= 15 is 0 Å². The van der Waals surface area contributed by atoms with Crippen LogP contribution in [0.3, 0.4) is 0 Å². The number of carbonyl (C=O) groups excluding carboxylic acids is 2. The summed E-state index contributed by atoms with van der Waals surface area (Å²) in [5.41, 5.74) is 0.382. The van der Waals surface area contributed by atoms with Crippen molar-refractivity contribution in [1.29, 1.82) is 0 Å². The van der Waals surface area contributed by atoms with Gasteiger partial charge in [0.2, 0.25) is 11.8 Å². The van der Waals surface area contributed by atoms with E-state index in [0.717, 1.165) is 31.6 Å². The first kappa shape index (κ1) is 35.2. The predicted octanol–water partition coefficient (Wildman–Crippen LogP) is 7.08. The summed E-state index contributed by atoms with van der Waals surface area (Å²) >= 11 is 0. The highest BCUT2D eigenvalue weighted by Gasteiger charge is 2.71. The van der Waals surface area contributed by atoms with Gasteiger partial charge in [0, 0.05) is 23.9 Å². The van der Waals surface area contributed by atoms with Crippen molar-refractivity contribution in [2.75, 3.05) is 19.7 Å². The number of ketones is 1. The highest BCUT2D eigenvalue weighted by molar-refractivity contribution is 5.96. The number of hydrogen-bond donors (Lipinski definition) is 2. The van der Waals surface area contributed by atoms with E-state index in [2.05, 4.69) is 15.0 Å². The van der Waals surface area contributed by atoms with Gasteiger partial charge in [0.05, 0.1) is 17.6 Å². The van der Waals surface area contributed by atoms with Gasteiger partial charge in [-0.25, -0.2) is 14.8 Å². The number of carbonyl (C=O) groups is 3. The zero-order valence-electron chi connectivity index (χ0n) is 28.5. The zero-order chi connectivity index (χ0) is 35.2. The maximum absolute atomic E-state index is 13.7. The molecule has 3 aliphatic carbocycles. The van der Waals surface area contributed by atoms with E-state index in [0.29, 0.717) is 29.5 Å². The van der Waals surface area contributed by atoms with Gasteiger partial charge in [0.1, 0.15) is 23.5 Å². The maximum Gasteiger partial charge on any atom is 0.573 e. The van der Waals surface area contributed by atoms with Crippen LogP contribution in [0.5, 0.6) is 11.6 Å². The molecule has 0 radical (unpaired) electrons. The monoisotopic (exact) mass is 688 g/mol. The van der Waals surface area contributed by atoms with E-state index in [1.807, 2.05) is 6.92 Å². The summed E-state index contributed by atoms with van der Waals surface area (Å²) in [6.45, 7) is 5.49. The van der Waals surface area contributed by atoms with Crippen molar-refractivity contribution in [3.63, 3.8) is 0 Å². The Balaban J connectivity index is 1.17. The Morgan fingerprint density at radius 1 is 1.04 bits per heavy atom. The lowest BCUT2D eigenvalue weighted by atomic mass is 9.71. The molecule has 2 N–H and O–H groups in total. The molecule has 2 amide bonds. The number of benzene rings is 1. The highest BCUT2D eigenvalue weighted by Crippen LogP contribution is 2.67. The van der Waals surface area contributed by atoms with Crippen LogP contribution < -0.4 is 14.8 Å². The zero-order valence-corrected chi connectivity index (χ0v) is 28.5. The van der Waals surface area contributed by atoms with Gasteiger partial charge in [-0.05, 0) is 94.1 Å². The molecule has 6 rings (SSSR count). The van der Waals surface area contributed by atoms with Crippen LogP contribution in [0.1, 0.15) is 97.1 Å². The number of likely N-dealkylation sites (tertiary alicyclic amines) is 1. The molecule has 2 unspecified atom stereocenters. The molecule has 3 atom stereocenters. The van der Waals surface area contributed by atoms with Crippen molar-refractivity contribution in [1.82, 2.24) is 20.2 Å². The van der Waals surface area contributed by atoms with Crippen molar-refractivity contribution in [3.05, 3.63) is 23.9 Å². The first-order chi connectivity index (χ1) is 23.2. The number of Topliss-reactive ketones (excluding diaryl/α,β-unsaturated/α-hetero) is 1. The number of alkyl halides is 3. The van der Waals surface area contributed by atoms with Crippen molar-refractivity contribution in [2.24, 2.45) is 28.6 Å². The highest BCUT2D eigenvalue weighted by atomic mass is 19.4. The van der Waals surface area contributed by atoms with Gasteiger partial charge in [-0.2, -0.15) is 0 Å². The molecule has 4 fully saturated rings. The number of fused-ring (bicyclic) bond motifs is 1. The molecule has 0 bridgehead atoms. The topological polar surface area (TPSA) is 131 Å². The lowest BCUT2D eigenvalue weighted by Crippen LogP contribution is -2.58. The fourth-order valence-electron chi connectivity index (χ4n) is 9.22. The summed E-state index contributed by atoms with van der Waals surface area (Å²) in [6.07, 6.45) is 6.32. The van der Waals surface area contributed by atoms with Gasteiger partial charge in [0.25, 0.3) is 0 Å². The second-order valence-corrected chi connectivity index (χ2v) is 15.1. The van der Waals surface area contributed by atoms with Gasteiger partial charge < -0.3 is 24.8 Å². The molecule has 4 aliphatic rings. The molecule has 3 saturated carbocycles. The fourth-order valence-corrected chi connectivity index (χ4v) is 9.22. The number of rotatable bonds is 14. The minimum atomic E-state index is -4.84. The summed E-state index contributed by atoms with van der Waals surface area (Å²) in [5.74, 6) is -0.236. The van der Waals surface area contributed by atoms with Crippen molar-refractivity contribution in [3.8, 4) is 11.6 Å². The maximum atomic E-state index is 13.7. The van der Waals surface area contributed by atoms with E-state index in [1.54, 1.807) is 18.7 Å². The van der Waals surface area contributed by atoms with Crippen LogP contribution in [-0.2, 0) is 16.0 Å². The third-order valence-electron chi connectivity index (χ3n) is 12.0. The quantitative estimate of drug-likeness (QED) is 0.202. The minimum absolute atomic E-state index is 0.0540. The van der Waals surface area contributed by atoms with Crippen LogP contribution >= 0.6 is 0 Å². The SMILES string of the molecule is CC(C)C(=O)[C@]1(C)N(C(=O)CNC(=O)O)CC(CCOc2nc3cc(OC(F)(F)F)ccc3nc2CCCCC2CC23CCCC3)C12CC2. The smallest absolute Gasteiger partial charge is 0.476 e. The summed E-state index contributed by atoms with van der Waals surface area (Å²) in [7, 11) is 0. The van der Waals surface area contributed by atoms with Crippen molar-refractivity contribution < 1.29 is 42.1 Å². The van der Waals surface area contributed by atoms with Crippen LogP contribution in [-0.4, -0.2) is 69.4 Å². The largest absolute Gasteiger partial charge is 0.573 e. The van der Waals surface area contributed by atoms with Crippen molar-refractivity contribution >= 4 is 28.8 Å². The Labute approximate surface area is 284 Å². The minimum Gasteiger partial charge on any atom is -0.476 e. The van der Waals surface area contributed by atoms with Gasteiger partial charge in [0.15, 0.2) is 5.78 Å². The average Bonchev–Trinajstić information content (AvgIpc) is 3.90. The average molecular weight is 689 g/mol. The van der Waals surface area contributed by atoms with Gasteiger partial charge in [-0.3, -0.25) is 9.59 Å². The Hall–Kier alpha value is -3.64. The Morgan fingerprint density at radius 2 is 1.78 bits per heavy atom. The summed E-state index contributed by atoms with van der Waals surface area (Å²) < 4.78 is 49.2. The molecular formula is C36H47F3N4O6. The third-order valence-corrected chi connectivity index (χ3v) is 12.0. The van der Waals surface area contributed by atoms with E-state index < -0.39 is 41.6 Å². The molecule has 10 nitrogen and oxygen atoms in total. The number of unbranched alkanes of at least 4 members (excludes halogenated alkanes) is 1. The summed E-state index contributed by atoms with van der Waals surface area (Å²) in [4.78, 5) is 49.0. The second kappa shape index (κ2) is 13.2. The summed E-state index contributed by atoms with van der Waals surface area (Å²) in [5, 5.41) is 11.2. The molecule has 2 spiro atoms. The Kier molecular flexibility index (Phi) is 9.51. The van der Waals surface area contributed by atoms with E-state index in [4.69, 9.17) is 14.8 Å². The number of aromatic nitrogens is 2. The van der Waals surface area contributed by atoms with Crippen LogP contribution in [0.25, 0.3) is 11.0 Å². The number of aryl methyl sites for hydroxylation is 1. The molecule has 1 saturated heterocycles. The molecule has 49 heavy (non-hydrogen) atoms. The molecular weight excluding hydrogens is 641 g/mol. The lowest BCUT2D eigenvalue weighted by molar-refractivity contribution is -0.274. The molecule has 13 heteroatoms. The van der Waals surface area contributed by atoms with Gasteiger partial charge in [-0.1, -0.05) is 33.1 Å². The molecule has 1 aromatic heterocycles. The number of hydrogen-bond acceptors (Lipinski definition) is 7. The van der Waals surface area contributed by atoms with Crippen LogP contribution in [0.2, 0.25) is 0 Å². The number of ether oxygens (including phenoxy) is 2. The number of nitrogens with one attached hydrogen (secondary N) is 1. The number of halogens is 3. The number of amides is 2. The predicted molar refractivity (Wildman–Crippen MR) is 174 cm³/mol. The first-order valence-corrected chi connectivity index (χ1v) is 17.7. The van der Waals surface area contributed by atoms with E-state index in [9.17, 15) is 27.6 Å². The molecule has 1 aromatic carbocycles. The van der Waals surface area contributed by atoms with Gasteiger partial charge in [-0.15, -0.1) is 13.2 Å². The fraction of sp³-hybridized carbons (Fsp3) is 0.694. The van der Waals surface area contributed by atoms with Gasteiger partial charge >= 0.3 is 12.5 Å². The Morgan fingerprint density at radius 3 is 2.43 bits per heavy atom. The lowest BCUT2D eigenvalue weighted by Gasteiger charge is -2.40. The second-order valence-electron chi connectivity index (χ2n) is 15.1. The Bertz CT molecular complexity index is 1590. The van der Waals surface area contributed by atoms with E-state index in [1.165, 1.54) is 56.7 Å². The van der Waals surface area contributed by atoms with Crippen LogP contribution in [0.4, 0.5) is 18.0 Å². The normalized spacial score (nSPS) is 24.9. The molecule has 2 aromatic rings. The molecule has 2 heterocycles. The van der Waals surface area contributed by atoms with Crippen LogP contribution in [0, 0.1) is 28.6 Å². The molecule has 268 valence electrons. The first-order valence-electron chi connectivity index (χ1n) is 17.7. The number of carboxylic acid groups (broad SMARTS) is 1. The third kappa shape index (κ3) is 7.04. The standard InChI is InChI=1S/C36H47F3N4O6/c1-22(2)30(45)33(3)35(15-16-35)24(21-43(33)29(44)20-40-32(46)47)12-17-48-31-27(9-5-4-8-23-19-34(23)13-6-7-14-34)41-26-11-10-25(18-28(26)42-31)49-36(37,38)39/h10-11,18,22-24,40H,4-9,12-17,19-21H2,1-3H3,(H,46,47)/t23?,24?,33-/m0/s1. The molecule has 1 aliphatic heterocycles. The summed E-state index contributed by atoms with van der Waals surface area (Å²) in [6, 6.07) is 3.90. The van der Waals surface area contributed by atoms with E-state index in [-0.39, 0.29) is 42.2 Å². The van der Waals surface area contributed by atoms with Crippen LogP contribution in [0.15, 0.2) is 18.2 Å². The number of nitrogens with zero attached hydrogens (tertiary/aromatic N) is 3. The van der Waals surface area contributed by atoms with Crippen molar-refractivity contribution in [2.45, 2.75) is 110 Å².